The van der Waals surface area contributed by atoms with E-state index in [0.29, 0.717) is 18.7 Å². The predicted octanol–water partition coefficient (Wildman–Crippen LogP) is 3.55. The number of Topliss-reactive ketones (excluding diaryl/α,β-unsaturated/α-hetero) is 1. The molecule has 0 spiro atoms. The van der Waals surface area contributed by atoms with E-state index in [1.165, 1.54) is 0 Å². The first-order valence-corrected chi connectivity index (χ1v) is 9.67. The van der Waals surface area contributed by atoms with Gasteiger partial charge in [-0.2, -0.15) is 0 Å². The van der Waals surface area contributed by atoms with Crippen LogP contribution < -0.4 is 4.90 Å². The number of ketones is 1. The van der Waals surface area contributed by atoms with Crippen molar-refractivity contribution in [1.29, 1.82) is 0 Å². The van der Waals surface area contributed by atoms with E-state index >= 15 is 0 Å². The van der Waals surface area contributed by atoms with Gasteiger partial charge in [-0.25, -0.2) is 4.98 Å². The maximum Gasteiger partial charge on any atom is 0.223 e. The molecule has 5 nitrogen and oxygen atoms in total. The number of aromatic nitrogens is 1. The van der Waals surface area contributed by atoms with Crippen LogP contribution in [0.3, 0.4) is 0 Å². The van der Waals surface area contributed by atoms with Crippen molar-refractivity contribution in [3.8, 4) is 0 Å². The van der Waals surface area contributed by atoms with Crippen molar-refractivity contribution in [1.82, 2.24) is 9.88 Å². The Balaban J connectivity index is 1.30. The Morgan fingerprint density at radius 1 is 0.786 bits per heavy atom. The topological polar surface area (TPSA) is 53.5 Å². The summed E-state index contributed by atoms with van der Waals surface area (Å²) in [6, 6.07) is 21.4. The molecule has 142 valence electrons. The third-order valence-electron chi connectivity index (χ3n) is 5.20. The molecular formula is C23H23N3O2. The number of amides is 1. The number of hydrogen-bond acceptors (Lipinski definition) is 4. The zero-order valence-corrected chi connectivity index (χ0v) is 15.8. The van der Waals surface area contributed by atoms with Crippen LogP contribution in [0, 0.1) is 0 Å². The van der Waals surface area contributed by atoms with Gasteiger partial charge in [0, 0.05) is 50.0 Å². The Bertz CT molecular complexity index is 979. The van der Waals surface area contributed by atoms with E-state index in [1.54, 1.807) is 12.1 Å². The highest BCUT2D eigenvalue weighted by atomic mass is 16.2. The quantitative estimate of drug-likeness (QED) is 0.642. The number of pyridine rings is 1. The van der Waals surface area contributed by atoms with E-state index in [2.05, 4.69) is 17.0 Å². The minimum Gasteiger partial charge on any atom is -0.353 e. The molecule has 0 bridgehead atoms. The molecule has 1 aliphatic heterocycles. The molecule has 1 aromatic heterocycles. The first kappa shape index (κ1) is 18.2. The highest BCUT2D eigenvalue weighted by Gasteiger charge is 2.22. The van der Waals surface area contributed by atoms with Crippen molar-refractivity contribution in [2.75, 3.05) is 31.1 Å². The van der Waals surface area contributed by atoms with Gasteiger partial charge in [0.2, 0.25) is 5.91 Å². The van der Waals surface area contributed by atoms with E-state index < -0.39 is 0 Å². The lowest BCUT2D eigenvalue weighted by Crippen LogP contribution is -2.49. The van der Waals surface area contributed by atoms with Gasteiger partial charge >= 0.3 is 0 Å². The van der Waals surface area contributed by atoms with Gasteiger partial charge in [-0.15, -0.1) is 0 Å². The smallest absolute Gasteiger partial charge is 0.223 e. The van der Waals surface area contributed by atoms with Gasteiger partial charge in [0.15, 0.2) is 5.78 Å². The fourth-order valence-electron chi connectivity index (χ4n) is 3.56. The minimum absolute atomic E-state index is 0.0212. The molecule has 3 aromatic rings. The number of benzene rings is 2. The van der Waals surface area contributed by atoms with Crippen LogP contribution in [0.4, 0.5) is 5.82 Å². The first-order chi connectivity index (χ1) is 13.7. The molecular weight excluding hydrogens is 350 g/mol. The maximum absolute atomic E-state index is 12.5. The Hall–Kier alpha value is -3.21. The highest BCUT2D eigenvalue weighted by Crippen LogP contribution is 2.19. The molecule has 1 saturated heterocycles. The van der Waals surface area contributed by atoms with Crippen LogP contribution in [-0.4, -0.2) is 47.8 Å². The van der Waals surface area contributed by atoms with Crippen LogP contribution in [0.5, 0.6) is 0 Å². The Labute approximate surface area is 164 Å². The van der Waals surface area contributed by atoms with Crippen LogP contribution in [0.1, 0.15) is 23.2 Å². The number of piperazine rings is 1. The van der Waals surface area contributed by atoms with Gasteiger partial charge in [0.1, 0.15) is 5.82 Å². The molecule has 0 saturated carbocycles. The highest BCUT2D eigenvalue weighted by molar-refractivity contribution is 5.97. The van der Waals surface area contributed by atoms with E-state index in [9.17, 15) is 9.59 Å². The Kier molecular flexibility index (Phi) is 5.33. The summed E-state index contributed by atoms with van der Waals surface area (Å²) in [5, 5.41) is 1.13. The minimum atomic E-state index is 0.0212. The van der Waals surface area contributed by atoms with Gasteiger partial charge < -0.3 is 9.80 Å². The lowest BCUT2D eigenvalue weighted by atomic mass is 10.1. The predicted molar refractivity (Wildman–Crippen MR) is 111 cm³/mol. The first-order valence-electron chi connectivity index (χ1n) is 9.67. The van der Waals surface area contributed by atoms with Crippen molar-refractivity contribution >= 4 is 28.4 Å². The van der Waals surface area contributed by atoms with Crippen molar-refractivity contribution in [3.63, 3.8) is 0 Å². The third-order valence-corrected chi connectivity index (χ3v) is 5.20. The molecule has 0 aliphatic carbocycles. The van der Waals surface area contributed by atoms with Gasteiger partial charge in [0.25, 0.3) is 0 Å². The molecule has 2 aromatic carbocycles. The van der Waals surface area contributed by atoms with Crippen molar-refractivity contribution in [2.45, 2.75) is 12.8 Å². The maximum atomic E-state index is 12.5. The molecule has 5 heteroatoms. The summed E-state index contributed by atoms with van der Waals surface area (Å²) in [6.07, 6.45) is 0.525. The molecule has 1 aliphatic rings. The Morgan fingerprint density at radius 3 is 2.29 bits per heavy atom. The van der Waals surface area contributed by atoms with E-state index in [4.69, 9.17) is 4.98 Å². The van der Waals surface area contributed by atoms with E-state index in [1.807, 2.05) is 47.4 Å². The summed E-state index contributed by atoms with van der Waals surface area (Å²) in [4.78, 5) is 33.5. The van der Waals surface area contributed by atoms with E-state index in [-0.39, 0.29) is 24.5 Å². The largest absolute Gasteiger partial charge is 0.353 e. The molecule has 0 unspecified atom stereocenters. The molecule has 28 heavy (non-hydrogen) atoms. The second kappa shape index (κ2) is 8.21. The lowest BCUT2D eigenvalue weighted by Gasteiger charge is -2.35. The van der Waals surface area contributed by atoms with Gasteiger partial charge in [-0.1, -0.05) is 48.5 Å². The molecule has 4 rings (SSSR count). The molecule has 2 heterocycles. The van der Waals surface area contributed by atoms with Gasteiger partial charge in [-0.3, -0.25) is 9.59 Å². The van der Waals surface area contributed by atoms with Crippen LogP contribution in [0.2, 0.25) is 0 Å². The second-order valence-electron chi connectivity index (χ2n) is 7.02. The Morgan fingerprint density at radius 2 is 1.50 bits per heavy atom. The van der Waals surface area contributed by atoms with E-state index in [0.717, 1.165) is 29.8 Å². The summed E-state index contributed by atoms with van der Waals surface area (Å²) in [6.45, 7) is 2.83. The second-order valence-corrected chi connectivity index (χ2v) is 7.02. The van der Waals surface area contributed by atoms with Crippen LogP contribution >= 0.6 is 0 Å². The van der Waals surface area contributed by atoms with Crippen LogP contribution in [-0.2, 0) is 4.79 Å². The third kappa shape index (κ3) is 4.03. The number of nitrogens with zero attached hydrogens (tertiary/aromatic N) is 3. The number of rotatable bonds is 5. The average molecular weight is 373 g/mol. The monoisotopic (exact) mass is 373 g/mol. The number of para-hydroxylation sites is 1. The SMILES string of the molecule is O=C(CCC(=O)N1CCN(c2ccc3ccccc3n2)CC1)c1ccccc1. The van der Waals surface area contributed by atoms with Crippen molar-refractivity contribution in [3.05, 3.63) is 72.3 Å². The molecule has 0 N–H and O–H groups in total. The zero-order valence-electron chi connectivity index (χ0n) is 15.8. The summed E-state index contributed by atoms with van der Waals surface area (Å²) in [7, 11) is 0. The normalized spacial score (nSPS) is 14.3. The number of hydrogen-bond donors (Lipinski definition) is 0. The lowest BCUT2D eigenvalue weighted by molar-refractivity contribution is -0.131. The fourth-order valence-corrected chi connectivity index (χ4v) is 3.56. The summed E-state index contributed by atoms with van der Waals surface area (Å²) in [5.74, 6) is 1.02. The molecule has 0 atom stereocenters. The summed E-state index contributed by atoms with van der Waals surface area (Å²) in [5.41, 5.74) is 1.65. The van der Waals surface area contributed by atoms with Gasteiger partial charge in [-0.05, 0) is 18.2 Å². The summed E-state index contributed by atoms with van der Waals surface area (Å²) >= 11 is 0. The van der Waals surface area contributed by atoms with Crippen molar-refractivity contribution < 1.29 is 9.59 Å². The number of carbonyl (C=O) groups is 2. The number of carbonyl (C=O) groups excluding carboxylic acids is 2. The number of anilines is 1. The standard InChI is InChI=1S/C23H23N3O2/c27-21(19-7-2-1-3-8-19)11-13-23(28)26-16-14-25(15-17-26)22-12-10-18-6-4-5-9-20(18)24-22/h1-10,12H,11,13-17H2. The number of fused-ring (bicyclic) bond motifs is 1. The summed E-state index contributed by atoms with van der Waals surface area (Å²) < 4.78 is 0. The van der Waals surface area contributed by atoms with Crippen molar-refractivity contribution in [2.24, 2.45) is 0 Å². The van der Waals surface area contributed by atoms with Gasteiger partial charge in [0.05, 0.1) is 5.52 Å². The van der Waals surface area contributed by atoms with Crippen LogP contribution in [0.15, 0.2) is 66.7 Å². The molecule has 1 fully saturated rings. The zero-order chi connectivity index (χ0) is 19.3. The molecule has 1 amide bonds. The fraction of sp³-hybridized carbons (Fsp3) is 0.261. The van der Waals surface area contributed by atoms with Crippen LogP contribution in [0.25, 0.3) is 10.9 Å². The average Bonchev–Trinajstić information content (AvgIpc) is 2.77. The molecule has 0 radical (unpaired) electrons.